The second-order valence-electron chi connectivity index (χ2n) is 3.91. The van der Waals surface area contributed by atoms with Crippen LogP contribution in [0.25, 0.3) is 0 Å². The molecule has 1 fully saturated rings. The Balaban J connectivity index is 2.25. The molecule has 0 bridgehead atoms. The van der Waals surface area contributed by atoms with Crippen LogP contribution in [-0.2, 0) is 9.53 Å². The molecule has 3 amide bonds. The van der Waals surface area contributed by atoms with Gasteiger partial charge in [0.25, 0.3) is 5.91 Å². The van der Waals surface area contributed by atoms with Crippen LogP contribution in [0, 0.1) is 0 Å². The van der Waals surface area contributed by atoms with Crippen molar-refractivity contribution in [2.24, 2.45) is 4.99 Å². The van der Waals surface area contributed by atoms with Crippen molar-refractivity contribution < 1.29 is 14.3 Å². The number of nitrogens with one attached hydrogen (secondary N) is 2. The highest BCUT2D eigenvalue weighted by Gasteiger charge is 2.35. The molecule has 94 valence electrons. The molecule has 0 spiro atoms. The summed E-state index contributed by atoms with van der Waals surface area (Å²) in [5.74, 6) is -0.0296. The van der Waals surface area contributed by atoms with Gasteiger partial charge in [0.1, 0.15) is 12.4 Å². The number of rotatable bonds is 3. The summed E-state index contributed by atoms with van der Waals surface area (Å²) in [6.07, 6.45) is 4.77. The normalized spacial score (nSPS) is 23.6. The first kappa shape index (κ1) is 12.1. The molecule has 1 unspecified atom stereocenters. The largest absolute Gasteiger partial charge is 0.491 e. The molecule has 6 nitrogen and oxygen atoms in total. The molecule has 2 rings (SSSR count). The van der Waals surface area contributed by atoms with Gasteiger partial charge < -0.3 is 10.1 Å². The molecule has 0 aliphatic carbocycles. The molecule has 0 radical (unpaired) electrons. The molecular formula is C12H13N3O3. The Morgan fingerprint density at radius 2 is 2.33 bits per heavy atom. The average molecular weight is 247 g/mol. The van der Waals surface area contributed by atoms with Crippen LogP contribution in [0.2, 0.25) is 0 Å². The van der Waals surface area contributed by atoms with Crippen LogP contribution in [0.1, 0.15) is 6.92 Å². The number of carbonyl (C=O) groups is 2. The van der Waals surface area contributed by atoms with Gasteiger partial charge in [-0.2, -0.15) is 0 Å². The monoisotopic (exact) mass is 247 g/mol. The van der Waals surface area contributed by atoms with E-state index in [0.29, 0.717) is 18.1 Å². The highest BCUT2D eigenvalue weighted by atomic mass is 16.5. The van der Waals surface area contributed by atoms with Crippen LogP contribution in [-0.4, -0.2) is 30.8 Å². The summed E-state index contributed by atoms with van der Waals surface area (Å²) in [7, 11) is 0. The summed E-state index contributed by atoms with van der Waals surface area (Å²) in [5, 5.41) is 4.63. The van der Waals surface area contributed by atoms with E-state index < -0.39 is 18.0 Å². The van der Waals surface area contributed by atoms with Crippen molar-refractivity contribution in [3.8, 4) is 0 Å². The Morgan fingerprint density at radius 1 is 1.56 bits per heavy atom. The zero-order valence-electron chi connectivity index (χ0n) is 9.90. The zero-order valence-corrected chi connectivity index (χ0v) is 9.90. The summed E-state index contributed by atoms with van der Waals surface area (Å²) in [5.41, 5.74) is 1.66. The predicted octanol–water partition coefficient (Wildman–Crippen LogP) is 0.639. The lowest BCUT2D eigenvalue weighted by molar-refractivity contribution is -0.120. The number of nitrogens with zero attached hydrogens (tertiary/aromatic N) is 1. The van der Waals surface area contributed by atoms with Gasteiger partial charge in [0, 0.05) is 12.3 Å². The van der Waals surface area contributed by atoms with Crippen molar-refractivity contribution in [3.63, 3.8) is 0 Å². The zero-order chi connectivity index (χ0) is 13.1. The van der Waals surface area contributed by atoms with Gasteiger partial charge in [-0.25, -0.2) is 4.79 Å². The van der Waals surface area contributed by atoms with Gasteiger partial charge >= 0.3 is 6.03 Å². The van der Waals surface area contributed by atoms with Gasteiger partial charge in [-0.05, 0) is 12.5 Å². The highest BCUT2D eigenvalue weighted by Crippen LogP contribution is 2.21. The second kappa shape index (κ2) is 4.87. The van der Waals surface area contributed by atoms with Gasteiger partial charge in [0.05, 0.1) is 5.70 Å². The molecule has 0 aromatic heterocycles. The lowest BCUT2D eigenvalue weighted by atomic mass is 10.1. The molecule has 0 saturated carbocycles. The van der Waals surface area contributed by atoms with Gasteiger partial charge in [0.2, 0.25) is 0 Å². The molecule has 0 aromatic rings. The SMILES string of the molecule is C=CC=NC1=C(C)COC(C2NC(=O)NC2=O)=C1. The van der Waals surface area contributed by atoms with Crippen LogP contribution in [0.3, 0.4) is 0 Å². The minimum absolute atomic E-state index is 0.343. The van der Waals surface area contributed by atoms with Crippen molar-refractivity contribution in [1.29, 1.82) is 0 Å². The number of hydrogen-bond acceptors (Lipinski definition) is 4. The number of urea groups is 1. The predicted molar refractivity (Wildman–Crippen MR) is 65.9 cm³/mol. The lowest BCUT2D eigenvalue weighted by Crippen LogP contribution is -2.33. The number of carbonyl (C=O) groups excluding carboxylic acids is 2. The maximum atomic E-state index is 11.5. The molecule has 0 aromatic carbocycles. The molecule has 1 saturated heterocycles. The Kier molecular flexibility index (Phi) is 3.27. The first-order valence-electron chi connectivity index (χ1n) is 5.42. The molecule has 2 aliphatic heterocycles. The van der Waals surface area contributed by atoms with Crippen molar-refractivity contribution in [2.75, 3.05) is 6.61 Å². The van der Waals surface area contributed by atoms with E-state index >= 15 is 0 Å². The van der Waals surface area contributed by atoms with E-state index in [4.69, 9.17) is 4.74 Å². The molecule has 6 heteroatoms. The quantitative estimate of drug-likeness (QED) is 0.567. The highest BCUT2D eigenvalue weighted by molar-refractivity contribution is 6.05. The summed E-state index contributed by atoms with van der Waals surface area (Å²) < 4.78 is 5.43. The van der Waals surface area contributed by atoms with Crippen LogP contribution in [0.15, 0.2) is 40.8 Å². The topological polar surface area (TPSA) is 79.8 Å². The van der Waals surface area contributed by atoms with E-state index in [1.165, 1.54) is 0 Å². The maximum Gasteiger partial charge on any atom is 0.322 e. The van der Waals surface area contributed by atoms with Crippen molar-refractivity contribution in [2.45, 2.75) is 13.0 Å². The molecule has 2 N–H and O–H groups in total. The van der Waals surface area contributed by atoms with E-state index in [1.54, 1.807) is 18.4 Å². The first-order valence-corrected chi connectivity index (χ1v) is 5.42. The molecule has 2 aliphatic rings. The van der Waals surface area contributed by atoms with E-state index in [-0.39, 0.29) is 0 Å². The standard InChI is InChI=1S/C12H13N3O3/c1-3-4-13-8-5-9(18-6-7(8)2)10-11(16)15-12(17)14-10/h3-5,10H,1,6H2,2H3,(H2,14,15,16,17). The summed E-state index contributed by atoms with van der Waals surface area (Å²) >= 11 is 0. The molecule has 2 heterocycles. The second-order valence-corrected chi connectivity index (χ2v) is 3.91. The van der Waals surface area contributed by atoms with Gasteiger partial charge in [-0.15, -0.1) is 0 Å². The average Bonchev–Trinajstić information content (AvgIpc) is 2.67. The van der Waals surface area contributed by atoms with Crippen LogP contribution < -0.4 is 10.6 Å². The first-order chi connectivity index (χ1) is 8.61. The summed E-state index contributed by atoms with van der Waals surface area (Å²) in [6.45, 7) is 5.77. The Hall–Kier alpha value is -2.37. The van der Waals surface area contributed by atoms with Gasteiger partial charge in [-0.1, -0.05) is 12.7 Å². The summed E-state index contributed by atoms with van der Waals surface area (Å²) in [4.78, 5) is 26.7. The van der Waals surface area contributed by atoms with E-state index in [1.807, 2.05) is 6.92 Å². The van der Waals surface area contributed by atoms with E-state index in [2.05, 4.69) is 22.2 Å². The number of amides is 3. The number of aliphatic imine (C=N–C) groups is 1. The van der Waals surface area contributed by atoms with Gasteiger partial charge in [-0.3, -0.25) is 15.1 Å². The van der Waals surface area contributed by atoms with E-state index in [0.717, 1.165) is 5.57 Å². The third kappa shape index (κ3) is 2.32. The van der Waals surface area contributed by atoms with Crippen LogP contribution >= 0.6 is 0 Å². The smallest absolute Gasteiger partial charge is 0.322 e. The number of imide groups is 1. The number of allylic oxidation sites excluding steroid dienone is 2. The Labute approximate surface area is 104 Å². The number of ether oxygens (including phenoxy) is 1. The Bertz CT molecular complexity index is 503. The van der Waals surface area contributed by atoms with Crippen molar-refractivity contribution >= 4 is 18.2 Å². The number of hydrogen-bond donors (Lipinski definition) is 2. The van der Waals surface area contributed by atoms with Crippen LogP contribution in [0.5, 0.6) is 0 Å². The van der Waals surface area contributed by atoms with E-state index in [9.17, 15) is 9.59 Å². The van der Waals surface area contributed by atoms with Gasteiger partial charge in [0.15, 0.2) is 6.04 Å². The fourth-order valence-corrected chi connectivity index (χ4v) is 1.63. The third-order valence-corrected chi connectivity index (χ3v) is 2.55. The molecule has 1 atom stereocenters. The Morgan fingerprint density at radius 3 is 2.94 bits per heavy atom. The summed E-state index contributed by atoms with van der Waals surface area (Å²) in [6, 6.07) is -1.29. The maximum absolute atomic E-state index is 11.5. The minimum Gasteiger partial charge on any atom is -0.491 e. The van der Waals surface area contributed by atoms with Crippen LogP contribution in [0.4, 0.5) is 4.79 Å². The fourth-order valence-electron chi connectivity index (χ4n) is 1.63. The molecular weight excluding hydrogens is 234 g/mol. The molecule has 18 heavy (non-hydrogen) atoms. The lowest BCUT2D eigenvalue weighted by Gasteiger charge is -2.20. The fraction of sp³-hybridized carbons (Fsp3) is 0.250. The minimum atomic E-state index is -0.778. The van der Waals surface area contributed by atoms with Crippen molar-refractivity contribution in [3.05, 3.63) is 35.8 Å². The third-order valence-electron chi connectivity index (χ3n) is 2.55. The van der Waals surface area contributed by atoms with Crippen molar-refractivity contribution in [1.82, 2.24) is 10.6 Å².